The first-order valence-corrected chi connectivity index (χ1v) is 9.21. The van der Waals surface area contributed by atoms with Gasteiger partial charge in [-0.3, -0.25) is 0 Å². The van der Waals surface area contributed by atoms with E-state index in [2.05, 4.69) is 9.47 Å². The molecule has 0 saturated carbocycles. The van der Waals surface area contributed by atoms with Gasteiger partial charge in [-0.25, -0.2) is 0 Å². The van der Waals surface area contributed by atoms with Crippen molar-refractivity contribution in [3.05, 3.63) is 71.5 Å². The van der Waals surface area contributed by atoms with Gasteiger partial charge in [-0.1, -0.05) is 12.1 Å². The average molecular weight is 502 g/mol. The van der Waals surface area contributed by atoms with Crippen molar-refractivity contribution in [3.63, 3.8) is 0 Å². The topological polar surface area (TPSA) is 36.9 Å². The molecule has 1 aliphatic heterocycles. The van der Waals surface area contributed by atoms with Crippen LogP contribution in [-0.2, 0) is 20.9 Å². The maximum absolute atomic E-state index is 14.4. The van der Waals surface area contributed by atoms with E-state index in [1.54, 1.807) is 0 Å². The second-order valence-electron chi connectivity index (χ2n) is 7.00. The molecule has 2 aromatic rings. The van der Waals surface area contributed by atoms with Gasteiger partial charge in [0.2, 0.25) is 5.60 Å². The SMILES string of the molecule is COc1ccc(C2(C(F)(F)F)O/C(=C\C(F)(F)F)C(c3ccc(OC)cc3)(C(F)(F)F)O2)cc1. The molecule has 0 bridgehead atoms. The third-order valence-electron chi connectivity index (χ3n) is 4.93. The third-order valence-corrected chi connectivity index (χ3v) is 4.93. The Labute approximate surface area is 186 Å². The summed E-state index contributed by atoms with van der Waals surface area (Å²) in [6, 6.07) is 6.42. The minimum atomic E-state index is -5.82. The van der Waals surface area contributed by atoms with Crippen molar-refractivity contribution in [2.75, 3.05) is 14.2 Å². The highest BCUT2D eigenvalue weighted by molar-refractivity contribution is 5.42. The van der Waals surface area contributed by atoms with Crippen LogP contribution in [0.1, 0.15) is 11.1 Å². The fourth-order valence-corrected chi connectivity index (χ4v) is 3.39. The van der Waals surface area contributed by atoms with Gasteiger partial charge in [-0.15, -0.1) is 0 Å². The number of methoxy groups -OCH3 is 2. The monoisotopic (exact) mass is 502 g/mol. The lowest BCUT2D eigenvalue weighted by molar-refractivity contribution is -0.386. The van der Waals surface area contributed by atoms with Crippen molar-refractivity contribution < 1.29 is 58.5 Å². The number of benzene rings is 2. The number of rotatable bonds is 4. The zero-order valence-electron chi connectivity index (χ0n) is 17.2. The Hall–Kier alpha value is -3.09. The summed E-state index contributed by atoms with van der Waals surface area (Å²) < 4.78 is 145. The first-order valence-electron chi connectivity index (χ1n) is 9.21. The molecule has 4 nitrogen and oxygen atoms in total. The zero-order chi connectivity index (χ0) is 25.6. The molecule has 1 fully saturated rings. The van der Waals surface area contributed by atoms with Gasteiger partial charge in [-0.05, 0) is 36.4 Å². The van der Waals surface area contributed by atoms with E-state index in [4.69, 9.17) is 9.47 Å². The van der Waals surface area contributed by atoms with E-state index in [9.17, 15) is 39.5 Å². The first kappa shape index (κ1) is 25.5. The van der Waals surface area contributed by atoms with Crippen molar-refractivity contribution in [1.82, 2.24) is 0 Å². The fourth-order valence-electron chi connectivity index (χ4n) is 3.39. The molecule has 13 heteroatoms. The number of hydrogen-bond acceptors (Lipinski definition) is 4. The van der Waals surface area contributed by atoms with Gasteiger partial charge in [0.25, 0.3) is 0 Å². The summed E-state index contributed by atoms with van der Waals surface area (Å²) in [6.45, 7) is 0. The Kier molecular flexibility index (Phi) is 6.23. The summed E-state index contributed by atoms with van der Waals surface area (Å²) in [5, 5.41) is 0. The molecule has 1 saturated heterocycles. The van der Waals surface area contributed by atoms with Crippen LogP contribution in [0.15, 0.2) is 60.4 Å². The quantitative estimate of drug-likeness (QED) is 0.456. The molecule has 1 aliphatic rings. The number of allylic oxidation sites excluding steroid dienone is 1. The van der Waals surface area contributed by atoms with Crippen LogP contribution < -0.4 is 9.47 Å². The molecule has 2 atom stereocenters. The minimum Gasteiger partial charge on any atom is -0.497 e. The van der Waals surface area contributed by atoms with Crippen LogP contribution in [0, 0.1) is 0 Å². The molecular formula is C21H15F9O4. The Bertz CT molecular complexity index is 1040. The Balaban J connectivity index is 2.37. The van der Waals surface area contributed by atoms with Crippen LogP contribution in [0.2, 0.25) is 0 Å². The molecular weight excluding hydrogens is 487 g/mol. The van der Waals surface area contributed by atoms with Gasteiger partial charge in [0.1, 0.15) is 11.5 Å². The summed E-state index contributed by atoms with van der Waals surface area (Å²) >= 11 is 0. The van der Waals surface area contributed by atoms with Gasteiger partial charge in [0.05, 0.1) is 20.3 Å². The van der Waals surface area contributed by atoms with Crippen LogP contribution in [-0.4, -0.2) is 32.7 Å². The van der Waals surface area contributed by atoms with Crippen LogP contribution in [0.3, 0.4) is 0 Å². The van der Waals surface area contributed by atoms with E-state index in [1.165, 1.54) is 7.11 Å². The third kappa shape index (κ3) is 4.24. The van der Waals surface area contributed by atoms with Gasteiger partial charge in [0.15, 0.2) is 5.76 Å². The van der Waals surface area contributed by atoms with E-state index >= 15 is 0 Å². The Morgan fingerprint density at radius 2 is 1.12 bits per heavy atom. The summed E-state index contributed by atoms with van der Waals surface area (Å²) in [5.41, 5.74) is -6.38. The zero-order valence-corrected chi connectivity index (χ0v) is 17.2. The number of hydrogen-bond donors (Lipinski definition) is 0. The molecule has 3 rings (SSSR count). The van der Waals surface area contributed by atoms with Crippen molar-refractivity contribution in [2.45, 2.75) is 29.9 Å². The normalized spacial score (nSPS) is 24.7. The fraction of sp³-hybridized carbons (Fsp3) is 0.333. The lowest BCUT2D eigenvalue weighted by Crippen LogP contribution is -2.49. The van der Waals surface area contributed by atoms with E-state index < -0.39 is 52.9 Å². The standard InChI is InChI=1S/C21H15F9O4/c1-31-14-7-3-12(4-8-14)18(20(25,26)27)16(11-17(22,23)24)33-19(34-18,21(28,29)30)13-5-9-15(32-2)10-6-13/h3-11H,1-2H3/b16-11-. The van der Waals surface area contributed by atoms with Gasteiger partial charge in [-0.2, -0.15) is 39.5 Å². The Morgan fingerprint density at radius 3 is 1.47 bits per heavy atom. The lowest BCUT2D eigenvalue weighted by atomic mass is 9.90. The molecule has 0 spiro atoms. The number of ether oxygens (including phenoxy) is 4. The number of alkyl halides is 9. The molecule has 0 amide bonds. The molecule has 186 valence electrons. The highest BCUT2D eigenvalue weighted by atomic mass is 19.4. The van der Waals surface area contributed by atoms with Crippen LogP contribution in [0.5, 0.6) is 11.5 Å². The van der Waals surface area contributed by atoms with Crippen LogP contribution in [0.4, 0.5) is 39.5 Å². The van der Waals surface area contributed by atoms with E-state index in [1.807, 2.05) is 0 Å². The summed E-state index contributed by atoms with van der Waals surface area (Å²) in [7, 11) is 2.34. The van der Waals surface area contributed by atoms with Gasteiger partial charge in [0, 0.05) is 11.1 Å². The number of halogens is 9. The molecule has 0 radical (unpaired) electrons. The molecule has 2 aromatic carbocycles. The summed E-state index contributed by atoms with van der Waals surface area (Å²) in [4.78, 5) is 0. The molecule has 0 N–H and O–H groups in total. The van der Waals surface area contributed by atoms with E-state index in [0.717, 1.165) is 31.4 Å². The second kappa shape index (κ2) is 8.29. The van der Waals surface area contributed by atoms with Gasteiger partial charge >= 0.3 is 24.3 Å². The molecule has 1 heterocycles. The van der Waals surface area contributed by atoms with E-state index in [-0.39, 0.29) is 11.5 Å². The predicted octanol–water partition coefficient (Wildman–Crippen LogP) is 6.37. The largest absolute Gasteiger partial charge is 0.497 e. The van der Waals surface area contributed by atoms with Crippen molar-refractivity contribution in [2.24, 2.45) is 0 Å². The minimum absolute atomic E-state index is 0.00131. The molecule has 2 unspecified atom stereocenters. The Morgan fingerprint density at radius 1 is 0.676 bits per heavy atom. The van der Waals surface area contributed by atoms with Crippen LogP contribution in [0.25, 0.3) is 0 Å². The lowest BCUT2D eigenvalue weighted by Gasteiger charge is -2.34. The average Bonchev–Trinajstić information content (AvgIpc) is 3.09. The van der Waals surface area contributed by atoms with Crippen molar-refractivity contribution in [1.29, 1.82) is 0 Å². The van der Waals surface area contributed by atoms with Gasteiger partial charge < -0.3 is 18.9 Å². The highest BCUT2D eigenvalue weighted by Crippen LogP contribution is 2.62. The van der Waals surface area contributed by atoms with Crippen molar-refractivity contribution >= 4 is 0 Å². The van der Waals surface area contributed by atoms with Crippen LogP contribution >= 0.6 is 0 Å². The maximum Gasteiger partial charge on any atom is 0.460 e. The smallest absolute Gasteiger partial charge is 0.460 e. The van der Waals surface area contributed by atoms with Crippen molar-refractivity contribution in [3.8, 4) is 11.5 Å². The molecule has 0 aromatic heterocycles. The first-order chi connectivity index (χ1) is 15.6. The molecule has 0 aliphatic carbocycles. The second-order valence-corrected chi connectivity index (χ2v) is 7.00. The highest BCUT2D eigenvalue weighted by Gasteiger charge is 2.77. The maximum atomic E-state index is 14.4. The summed E-state index contributed by atoms with van der Waals surface area (Å²) in [6.07, 6.45) is -18.0. The molecule has 34 heavy (non-hydrogen) atoms. The predicted molar refractivity (Wildman–Crippen MR) is 97.8 cm³/mol. The van der Waals surface area contributed by atoms with E-state index in [0.29, 0.717) is 24.3 Å². The summed E-state index contributed by atoms with van der Waals surface area (Å²) in [5.74, 6) is -6.34.